The van der Waals surface area contributed by atoms with Crippen LogP contribution in [0.15, 0.2) is 36.4 Å². The van der Waals surface area contributed by atoms with E-state index in [2.05, 4.69) is 44.7 Å². The van der Waals surface area contributed by atoms with Gasteiger partial charge in [0.15, 0.2) is 0 Å². The molecule has 21 heavy (non-hydrogen) atoms. The first kappa shape index (κ1) is 15.8. The third kappa shape index (κ3) is 3.04. The monoisotopic (exact) mass is 286 g/mol. The normalized spacial score (nSPS) is 22.8. The van der Waals surface area contributed by atoms with Crippen LogP contribution in [-0.4, -0.2) is 5.97 Å². The Kier molecular flexibility index (Phi) is 4.87. The molecular weight excluding hydrogens is 260 g/mol. The molecule has 0 saturated carbocycles. The minimum Gasteiger partial charge on any atom is -0.451 e. The summed E-state index contributed by atoms with van der Waals surface area (Å²) in [6.07, 6.45) is 5.19. The van der Waals surface area contributed by atoms with Crippen molar-refractivity contribution in [1.82, 2.24) is 0 Å². The van der Waals surface area contributed by atoms with Crippen molar-refractivity contribution in [2.24, 2.45) is 5.92 Å². The maximum atomic E-state index is 12.2. The molecule has 0 N–H and O–H groups in total. The number of carbonyl (C=O) groups excluding carboxylic acids is 1. The SMILES string of the molecule is C=C(C)C(=O)OC1(C(C)CC)CCCCc2ccccc21. The quantitative estimate of drug-likeness (QED) is 0.452. The summed E-state index contributed by atoms with van der Waals surface area (Å²) in [6.45, 7) is 9.81. The van der Waals surface area contributed by atoms with Crippen molar-refractivity contribution < 1.29 is 9.53 Å². The molecule has 0 radical (unpaired) electrons. The molecule has 1 aliphatic rings. The second-order valence-corrected chi connectivity index (χ2v) is 6.23. The van der Waals surface area contributed by atoms with E-state index < -0.39 is 5.60 Å². The Morgan fingerprint density at radius 3 is 2.76 bits per heavy atom. The van der Waals surface area contributed by atoms with Crippen LogP contribution in [-0.2, 0) is 21.6 Å². The highest BCUT2D eigenvalue weighted by Crippen LogP contribution is 2.44. The molecule has 0 bridgehead atoms. The van der Waals surface area contributed by atoms with Gasteiger partial charge in [0.05, 0.1) is 0 Å². The summed E-state index contributed by atoms with van der Waals surface area (Å²) in [5.74, 6) is 0.0204. The maximum Gasteiger partial charge on any atom is 0.334 e. The van der Waals surface area contributed by atoms with Gasteiger partial charge in [-0.25, -0.2) is 4.79 Å². The van der Waals surface area contributed by atoms with Crippen LogP contribution in [0, 0.1) is 5.92 Å². The van der Waals surface area contributed by atoms with E-state index >= 15 is 0 Å². The average Bonchev–Trinajstić information content (AvgIpc) is 2.67. The second-order valence-electron chi connectivity index (χ2n) is 6.23. The van der Waals surface area contributed by atoms with Crippen LogP contribution in [0.5, 0.6) is 0 Å². The van der Waals surface area contributed by atoms with Crippen LogP contribution in [0.1, 0.15) is 57.6 Å². The largest absolute Gasteiger partial charge is 0.451 e. The lowest BCUT2D eigenvalue weighted by Crippen LogP contribution is -2.39. The van der Waals surface area contributed by atoms with Crippen LogP contribution in [0.2, 0.25) is 0 Å². The summed E-state index contributed by atoms with van der Waals surface area (Å²) in [5, 5.41) is 0. The summed E-state index contributed by atoms with van der Waals surface area (Å²) < 4.78 is 6.06. The summed E-state index contributed by atoms with van der Waals surface area (Å²) in [7, 11) is 0. The topological polar surface area (TPSA) is 26.3 Å². The van der Waals surface area contributed by atoms with Crippen molar-refractivity contribution in [3.05, 3.63) is 47.5 Å². The van der Waals surface area contributed by atoms with Gasteiger partial charge in [-0.2, -0.15) is 0 Å². The number of aryl methyl sites for hydroxylation is 1. The predicted molar refractivity (Wildman–Crippen MR) is 86.0 cm³/mol. The molecule has 0 fully saturated rings. The number of hydrogen-bond acceptors (Lipinski definition) is 2. The van der Waals surface area contributed by atoms with Crippen molar-refractivity contribution in [2.75, 3.05) is 0 Å². The lowest BCUT2D eigenvalue weighted by molar-refractivity contribution is -0.164. The van der Waals surface area contributed by atoms with Crippen molar-refractivity contribution in [2.45, 2.75) is 58.5 Å². The molecule has 0 amide bonds. The van der Waals surface area contributed by atoms with Gasteiger partial charge in [-0.15, -0.1) is 0 Å². The first-order chi connectivity index (χ1) is 10.0. The Bertz CT molecular complexity index is 532. The number of ether oxygens (including phenoxy) is 1. The lowest BCUT2D eigenvalue weighted by Gasteiger charge is -2.39. The highest BCUT2D eigenvalue weighted by molar-refractivity contribution is 5.87. The van der Waals surface area contributed by atoms with E-state index in [9.17, 15) is 4.79 Å². The van der Waals surface area contributed by atoms with Crippen LogP contribution in [0.4, 0.5) is 0 Å². The molecule has 0 saturated heterocycles. The van der Waals surface area contributed by atoms with E-state index in [0.29, 0.717) is 11.5 Å². The Morgan fingerprint density at radius 2 is 2.10 bits per heavy atom. The summed E-state index contributed by atoms with van der Waals surface area (Å²) in [4.78, 5) is 12.2. The van der Waals surface area contributed by atoms with E-state index in [-0.39, 0.29) is 5.97 Å². The molecule has 1 aromatic carbocycles. The molecule has 0 heterocycles. The summed E-state index contributed by atoms with van der Waals surface area (Å²) >= 11 is 0. The fraction of sp³-hybridized carbons (Fsp3) is 0.526. The van der Waals surface area contributed by atoms with Gasteiger partial charge in [0, 0.05) is 11.5 Å². The van der Waals surface area contributed by atoms with E-state index in [4.69, 9.17) is 4.74 Å². The molecule has 2 rings (SSSR count). The summed E-state index contributed by atoms with van der Waals surface area (Å²) in [5.41, 5.74) is 2.49. The summed E-state index contributed by atoms with van der Waals surface area (Å²) in [6, 6.07) is 8.44. The fourth-order valence-electron chi connectivity index (χ4n) is 3.29. The van der Waals surface area contributed by atoms with Gasteiger partial charge in [-0.05, 0) is 50.2 Å². The zero-order chi connectivity index (χ0) is 15.5. The molecule has 0 spiro atoms. The van der Waals surface area contributed by atoms with E-state index in [0.717, 1.165) is 32.1 Å². The van der Waals surface area contributed by atoms with Gasteiger partial charge in [0.2, 0.25) is 0 Å². The second kappa shape index (κ2) is 6.46. The molecule has 1 aliphatic carbocycles. The highest BCUT2D eigenvalue weighted by Gasteiger charge is 2.43. The average molecular weight is 286 g/mol. The molecule has 2 nitrogen and oxygen atoms in total. The van der Waals surface area contributed by atoms with E-state index in [1.807, 2.05) is 0 Å². The van der Waals surface area contributed by atoms with Crippen molar-refractivity contribution in [3.63, 3.8) is 0 Å². The van der Waals surface area contributed by atoms with Gasteiger partial charge in [0.1, 0.15) is 5.60 Å². The third-order valence-electron chi connectivity index (χ3n) is 4.75. The Morgan fingerprint density at radius 1 is 1.38 bits per heavy atom. The zero-order valence-electron chi connectivity index (χ0n) is 13.4. The molecule has 0 aromatic heterocycles. The number of hydrogen-bond donors (Lipinski definition) is 0. The Balaban J connectivity index is 2.53. The molecule has 0 aliphatic heterocycles. The van der Waals surface area contributed by atoms with Crippen LogP contribution in [0.3, 0.4) is 0 Å². The molecule has 2 atom stereocenters. The molecule has 1 aromatic rings. The van der Waals surface area contributed by atoms with E-state index in [1.165, 1.54) is 11.1 Å². The van der Waals surface area contributed by atoms with Gasteiger partial charge in [-0.1, -0.05) is 44.7 Å². The predicted octanol–water partition coefficient (Wildman–Crippen LogP) is 4.77. The first-order valence-corrected chi connectivity index (χ1v) is 7.98. The molecule has 2 heteroatoms. The number of carbonyl (C=O) groups is 1. The molecular formula is C19H26O2. The first-order valence-electron chi connectivity index (χ1n) is 7.98. The Labute approximate surface area is 128 Å². The van der Waals surface area contributed by atoms with Gasteiger partial charge < -0.3 is 4.74 Å². The van der Waals surface area contributed by atoms with Gasteiger partial charge in [0.25, 0.3) is 0 Å². The highest BCUT2D eigenvalue weighted by atomic mass is 16.6. The lowest BCUT2D eigenvalue weighted by atomic mass is 9.76. The van der Waals surface area contributed by atoms with Crippen LogP contribution < -0.4 is 0 Å². The molecule has 114 valence electrons. The van der Waals surface area contributed by atoms with Crippen molar-refractivity contribution in [1.29, 1.82) is 0 Å². The minimum absolute atomic E-state index is 0.271. The third-order valence-corrected chi connectivity index (χ3v) is 4.75. The van der Waals surface area contributed by atoms with Crippen LogP contribution in [0.25, 0.3) is 0 Å². The number of fused-ring (bicyclic) bond motifs is 1. The fourth-order valence-corrected chi connectivity index (χ4v) is 3.29. The number of esters is 1. The molecule has 2 unspecified atom stereocenters. The smallest absolute Gasteiger partial charge is 0.334 e. The standard InChI is InChI=1S/C19H26O2/c1-5-15(4)19(21-18(20)14(2)3)13-9-8-11-16-10-6-7-12-17(16)19/h6-7,10,12,15H,2,5,8-9,11,13H2,1,3-4H3. The van der Waals surface area contributed by atoms with E-state index in [1.54, 1.807) is 6.92 Å². The number of benzene rings is 1. The van der Waals surface area contributed by atoms with Crippen LogP contribution >= 0.6 is 0 Å². The zero-order valence-corrected chi connectivity index (χ0v) is 13.4. The Hall–Kier alpha value is -1.57. The van der Waals surface area contributed by atoms with Crippen molar-refractivity contribution in [3.8, 4) is 0 Å². The van der Waals surface area contributed by atoms with Crippen molar-refractivity contribution >= 4 is 5.97 Å². The number of rotatable bonds is 4. The van der Waals surface area contributed by atoms with Gasteiger partial charge in [-0.3, -0.25) is 0 Å². The minimum atomic E-state index is -0.502. The van der Waals surface area contributed by atoms with Gasteiger partial charge >= 0.3 is 5.97 Å². The maximum absolute atomic E-state index is 12.2.